The van der Waals surface area contributed by atoms with Crippen molar-refractivity contribution in [2.75, 3.05) is 5.32 Å². The van der Waals surface area contributed by atoms with Gasteiger partial charge in [0.15, 0.2) is 0 Å². The van der Waals surface area contributed by atoms with Crippen LogP contribution < -0.4 is 5.32 Å². The molecule has 0 saturated heterocycles. The lowest BCUT2D eigenvalue weighted by molar-refractivity contribution is 0.347. The number of nitrogens with zero attached hydrogens (tertiary/aromatic N) is 3. The maximum absolute atomic E-state index is 4.22. The number of anilines is 1. The second-order valence-corrected chi connectivity index (χ2v) is 6.42. The van der Waals surface area contributed by atoms with E-state index in [1.165, 1.54) is 11.3 Å². The summed E-state index contributed by atoms with van der Waals surface area (Å²) in [6.45, 7) is 11.5. The molecule has 108 valence electrons. The predicted molar refractivity (Wildman–Crippen MR) is 82.9 cm³/mol. The van der Waals surface area contributed by atoms with Crippen LogP contribution in [-0.4, -0.2) is 15.0 Å². The molecule has 0 unspecified atom stereocenters. The number of benzene rings is 1. The number of rotatable bonds is 4. The van der Waals surface area contributed by atoms with E-state index in [0.717, 1.165) is 5.69 Å². The Bertz CT molecular complexity index is 564. The molecular weight excluding hydrogens is 248 g/mol. The minimum atomic E-state index is -0.0267. The summed E-state index contributed by atoms with van der Waals surface area (Å²) >= 11 is 0. The molecule has 1 heterocycles. The van der Waals surface area contributed by atoms with E-state index >= 15 is 0 Å². The van der Waals surface area contributed by atoms with Gasteiger partial charge in [-0.1, -0.05) is 37.3 Å². The Morgan fingerprint density at radius 3 is 2.50 bits per heavy atom. The first-order chi connectivity index (χ1) is 9.38. The second-order valence-electron chi connectivity index (χ2n) is 6.42. The third kappa shape index (κ3) is 3.38. The zero-order valence-electron chi connectivity index (χ0n) is 13.0. The molecule has 2 rings (SSSR count). The van der Waals surface area contributed by atoms with Gasteiger partial charge in [-0.25, -0.2) is 4.68 Å². The van der Waals surface area contributed by atoms with Gasteiger partial charge in [0.1, 0.15) is 5.69 Å². The van der Waals surface area contributed by atoms with Gasteiger partial charge in [-0.05, 0) is 38.3 Å². The van der Waals surface area contributed by atoms with Crippen LogP contribution in [0.15, 0.2) is 30.5 Å². The summed E-state index contributed by atoms with van der Waals surface area (Å²) in [5, 5.41) is 11.9. The quantitative estimate of drug-likeness (QED) is 0.921. The summed E-state index contributed by atoms with van der Waals surface area (Å²) < 4.78 is 1.90. The van der Waals surface area contributed by atoms with Crippen LogP contribution in [0.1, 0.15) is 51.8 Å². The molecule has 1 aromatic heterocycles. The van der Waals surface area contributed by atoms with Gasteiger partial charge in [-0.3, -0.25) is 0 Å². The smallest absolute Gasteiger partial charge is 0.102 e. The van der Waals surface area contributed by atoms with E-state index < -0.39 is 0 Å². The molecule has 0 atom stereocenters. The molecule has 0 radical (unpaired) electrons. The minimum absolute atomic E-state index is 0.0267. The van der Waals surface area contributed by atoms with Gasteiger partial charge in [-0.15, -0.1) is 5.10 Å². The van der Waals surface area contributed by atoms with Crippen LogP contribution in [0, 0.1) is 0 Å². The van der Waals surface area contributed by atoms with Crippen molar-refractivity contribution in [2.24, 2.45) is 0 Å². The lowest BCUT2D eigenvalue weighted by Gasteiger charge is -2.17. The molecule has 0 bridgehead atoms. The Morgan fingerprint density at radius 1 is 1.20 bits per heavy atom. The van der Waals surface area contributed by atoms with Gasteiger partial charge >= 0.3 is 0 Å². The molecule has 0 aliphatic rings. The largest absolute Gasteiger partial charge is 0.379 e. The second kappa shape index (κ2) is 5.65. The van der Waals surface area contributed by atoms with E-state index in [-0.39, 0.29) is 5.54 Å². The summed E-state index contributed by atoms with van der Waals surface area (Å²) in [7, 11) is 0. The Hall–Kier alpha value is -1.84. The highest BCUT2D eigenvalue weighted by Gasteiger charge is 2.15. The summed E-state index contributed by atoms with van der Waals surface area (Å²) in [4.78, 5) is 0. The molecule has 0 amide bonds. The van der Waals surface area contributed by atoms with E-state index in [0.29, 0.717) is 12.5 Å². The van der Waals surface area contributed by atoms with Crippen molar-refractivity contribution in [3.05, 3.63) is 41.7 Å². The summed E-state index contributed by atoms with van der Waals surface area (Å²) in [5.41, 5.74) is 3.43. The topological polar surface area (TPSA) is 42.7 Å². The van der Waals surface area contributed by atoms with Crippen molar-refractivity contribution >= 4 is 5.69 Å². The Balaban J connectivity index is 2.08. The lowest BCUT2D eigenvalue weighted by Crippen LogP contribution is -2.22. The molecule has 0 saturated carbocycles. The molecule has 0 aliphatic carbocycles. The fourth-order valence-electron chi connectivity index (χ4n) is 2.05. The SMILES string of the molecule is CC(C)c1ccccc1NCc1cn(C(C)(C)C)nn1. The van der Waals surface area contributed by atoms with Crippen LogP contribution >= 0.6 is 0 Å². The van der Waals surface area contributed by atoms with Crippen molar-refractivity contribution in [1.82, 2.24) is 15.0 Å². The zero-order chi connectivity index (χ0) is 14.8. The molecular formula is C16H24N4. The maximum atomic E-state index is 4.22. The van der Waals surface area contributed by atoms with Gasteiger partial charge in [0, 0.05) is 5.69 Å². The standard InChI is InChI=1S/C16H24N4/c1-12(2)14-8-6-7-9-15(14)17-10-13-11-20(19-18-13)16(3,4)5/h6-9,11-12,17H,10H2,1-5H3. The molecule has 20 heavy (non-hydrogen) atoms. The summed E-state index contributed by atoms with van der Waals surface area (Å²) in [5.74, 6) is 0.504. The van der Waals surface area contributed by atoms with Crippen LogP contribution in [0.3, 0.4) is 0 Å². The minimum Gasteiger partial charge on any atom is -0.379 e. The first-order valence-corrected chi connectivity index (χ1v) is 7.12. The Labute approximate surface area is 121 Å². The van der Waals surface area contributed by atoms with Gasteiger partial charge in [-0.2, -0.15) is 0 Å². The zero-order valence-corrected chi connectivity index (χ0v) is 13.0. The highest BCUT2D eigenvalue weighted by atomic mass is 15.4. The first-order valence-electron chi connectivity index (χ1n) is 7.12. The van der Waals surface area contributed by atoms with Crippen LogP contribution in [0.2, 0.25) is 0 Å². The van der Waals surface area contributed by atoms with Crippen molar-refractivity contribution in [2.45, 2.75) is 52.6 Å². The van der Waals surface area contributed by atoms with Gasteiger partial charge in [0.05, 0.1) is 18.3 Å². The first kappa shape index (κ1) is 14.6. The Morgan fingerprint density at radius 2 is 1.90 bits per heavy atom. The lowest BCUT2D eigenvalue weighted by atomic mass is 10.0. The number of para-hydroxylation sites is 1. The van der Waals surface area contributed by atoms with E-state index in [1.54, 1.807) is 0 Å². The van der Waals surface area contributed by atoms with E-state index in [9.17, 15) is 0 Å². The van der Waals surface area contributed by atoms with Crippen molar-refractivity contribution < 1.29 is 0 Å². The third-order valence-electron chi connectivity index (χ3n) is 3.27. The van der Waals surface area contributed by atoms with Crippen molar-refractivity contribution in [1.29, 1.82) is 0 Å². The average Bonchev–Trinajstić information content (AvgIpc) is 2.85. The van der Waals surface area contributed by atoms with Crippen LogP contribution in [0.5, 0.6) is 0 Å². The Kier molecular flexibility index (Phi) is 4.12. The monoisotopic (exact) mass is 272 g/mol. The van der Waals surface area contributed by atoms with Gasteiger partial charge < -0.3 is 5.32 Å². The molecule has 1 aromatic carbocycles. The maximum Gasteiger partial charge on any atom is 0.102 e. The molecule has 0 aliphatic heterocycles. The third-order valence-corrected chi connectivity index (χ3v) is 3.27. The number of hydrogen-bond acceptors (Lipinski definition) is 3. The normalized spacial score (nSPS) is 11.9. The van der Waals surface area contributed by atoms with Gasteiger partial charge in [0.2, 0.25) is 0 Å². The number of hydrogen-bond donors (Lipinski definition) is 1. The highest BCUT2D eigenvalue weighted by molar-refractivity contribution is 5.52. The number of nitrogens with one attached hydrogen (secondary N) is 1. The van der Waals surface area contributed by atoms with Crippen LogP contribution in [0.4, 0.5) is 5.69 Å². The molecule has 1 N–H and O–H groups in total. The van der Waals surface area contributed by atoms with E-state index in [2.05, 4.69) is 74.5 Å². The van der Waals surface area contributed by atoms with Crippen molar-refractivity contribution in [3.8, 4) is 0 Å². The molecule has 4 nitrogen and oxygen atoms in total. The molecule has 0 fully saturated rings. The van der Waals surface area contributed by atoms with Gasteiger partial charge in [0.25, 0.3) is 0 Å². The fraction of sp³-hybridized carbons (Fsp3) is 0.500. The van der Waals surface area contributed by atoms with E-state index in [1.807, 2.05) is 10.9 Å². The van der Waals surface area contributed by atoms with E-state index in [4.69, 9.17) is 0 Å². The predicted octanol–water partition coefficient (Wildman–Crippen LogP) is 3.77. The average molecular weight is 272 g/mol. The molecule has 2 aromatic rings. The summed E-state index contributed by atoms with van der Waals surface area (Å²) in [6.07, 6.45) is 2.00. The summed E-state index contributed by atoms with van der Waals surface area (Å²) in [6, 6.07) is 8.42. The highest BCUT2D eigenvalue weighted by Crippen LogP contribution is 2.24. The van der Waals surface area contributed by atoms with Crippen LogP contribution in [-0.2, 0) is 12.1 Å². The fourth-order valence-corrected chi connectivity index (χ4v) is 2.05. The molecule has 4 heteroatoms. The van der Waals surface area contributed by atoms with Crippen molar-refractivity contribution in [3.63, 3.8) is 0 Å². The molecule has 0 spiro atoms. The van der Waals surface area contributed by atoms with Crippen LogP contribution in [0.25, 0.3) is 0 Å². The number of aromatic nitrogens is 3.